The molecule has 2 atom stereocenters. The van der Waals surface area contributed by atoms with Crippen molar-refractivity contribution in [3.05, 3.63) is 65.7 Å². The molecular weight excluding hydrogens is 316 g/mol. The van der Waals surface area contributed by atoms with Gasteiger partial charge in [0.25, 0.3) is 0 Å². The van der Waals surface area contributed by atoms with Crippen LogP contribution in [-0.4, -0.2) is 25.0 Å². The van der Waals surface area contributed by atoms with Crippen molar-refractivity contribution in [2.75, 3.05) is 7.11 Å². The highest BCUT2D eigenvalue weighted by Gasteiger charge is 2.30. The van der Waals surface area contributed by atoms with E-state index in [2.05, 4.69) is 10.6 Å². The molecular formula is C20H22N2O3. The van der Waals surface area contributed by atoms with Gasteiger partial charge in [-0.3, -0.25) is 9.59 Å². The molecule has 3 rings (SSSR count). The van der Waals surface area contributed by atoms with E-state index in [1.807, 2.05) is 54.6 Å². The van der Waals surface area contributed by atoms with Crippen molar-refractivity contribution in [2.24, 2.45) is 0 Å². The Morgan fingerprint density at radius 2 is 2.00 bits per heavy atom. The first-order valence-corrected chi connectivity index (χ1v) is 8.42. The summed E-state index contributed by atoms with van der Waals surface area (Å²) in [6.45, 7) is 0. The van der Waals surface area contributed by atoms with Crippen molar-refractivity contribution >= 4 is 11.8 Å². The van der Waals surface area contributed by atoms with Crippen molar-refractivity contribution < 1.29 is 14.3 Å². The third-order valence-electron chi connectivity index (χ3n) is 4.41. The molecule has 0 radical (unpaired) electrons. The lowest BCUT2D eigenvalue weighted by Crippen LogP contribution is -2.50. The van der Waals surface area contributed by atoms with Crippen molar-refractivity contribution in [2.45, 2.75) is 31.3 Å². The lowest BCUT2D eigenvalue weighted by atomic mass is 9.91. The van der Waals surface area contributed by atoms with Crippen molar-refractivity contribution in [1.82, 2.24) is 10.6 Å². The van der Waals surface area contributed by atoms with Gasteiger partial charge in [-0.2, -0.15) is 0 Å². The zero-order valence-corrected chi connectivity index (χ0v) is 14.2. The Labute approximate surface area is 147 Å². The summed E-state index contributed by atoms with van der Waals surface area (Å²) in [4.78, 5) is 24.3. The lowest BCUT2D eigenvalue weighted by Gasteiger charge is -2.33. The zero-order chi connectivity index (χ0) is 17.6. The minimum atomic E-state index is -0.197. The molecule has 2 aromatic rings. The first-order chi connectivity index (χ1) is 12.2. The molecule has 130 valence electrons. The van der Waals surface area contributed by atoms with Gasteiger partial charge in [0.2, 0.25) is 11.8 Å². The molecule has 0 saturated carbocycles. The van der Waals surface area contributed by atoms with E-state index in [0.29, 0.717) is 12.8 Å². The van der Waals surface area contributed by atoms with Crippen LogP contribution in [0, 0.1) is 0 Å². The second-order valence-electron chi connectivity index (χ2n) is 6.20. The van der Waals surface area contributed by atoms with E-state index < -0.39 is 0 Å². The third-order valence-corrected chi connectivity index (χ3v) is 4.41. The number of methoxy groups -OCH3 is 1. The number of hydrogen-bond donors (Lipinski definition) is 2. The second-order valence-corrected chi connectivity index (χ2v) is 6.20. The standard InChI is InChI=1S/C20H22N2O3/c1-25-16-9-5-6-14(12-16)13-19(24)21-17-10-11-18(23)22-20(17)15-7-3-2-4-8-15/h2-9,12,17,20H,10-11,13H2,1H3,(H,21,24)(H,22,23). The van der Waals surface area contributed by atoms with Crippen LogP contribution in [0.5, 0.6) is 5.75 Å². The Balaban J connectivity index is 1.68. The number of rotatable bonds is 5. The smallest absolute Gasteiger partial charge is 0.224 e. The third kappa shape index (κ3) is 4.38. The van der Waals surface area contributed by atoms with Crippen LogP contribution >= 0.6 is 0 Å². The average Bonchev–Trinajstić information content (AvgIpc) is 2.64. The van der Waals surface area contributed by atoms with Gasteiger partial charge in [-0.05, 0) is 29.7 Å². The van der Waals surface area contributed by atoms with Gasteiger partial charge >= 0.3 is 0 Å². The van der Waals surface area contributed by atoms with Gasteiger partial charge in [0.05, 0.1) is 25.6 Å². The summed E-state index contributed by atoms with van der Waals surface area (Å²) < 4.78 is 5.19. The summed E-state index contributed by atoms with van der Waals surface area (Å²) in [5, 5.41) is 6.08. The van der Waals surface area contributed by atoms with Gasteiger partial charge in [0, 0.05) is 6.42 Å². The first kappa shape index (κ1) is 17.0. The van der Waals surface area contributed by atoms with Crippen LogP contribution in [-0.2, 0) is 16.0 Å². The number of carbonyl (C=O) groups is 2. The van der Waals surface area contributed by atoms with Crippen LogP contribution in [0.4, 0.5) is 0 Å². The Bertz CT molecular complexity index is 746. The van der Waals surface area contributed by atoms with Crippen LogP contribution in [0.3, 0.4) is 0 Å². The number of benzene rings is 2. The molecule has 2 N–H and O–H groups in total. The molecule has 5 heteroatoms. The maximum absolute atomic E-state index is 12.5. The van der Waals surface area contributed by atoms with Crippen LogP contribution in [0.2, 0.25) is 0 Å². The van der Waals surface area contributed by atoms with E-state index in [4.69, 9.17) is 4.74 Å². The number of carbonyl (C=O) groups excluding carboxylic acids is 2. The Morgan fingerprint density at radius 3 is 2.76 bits per heavy atom. The molecule has 1 aliphatic heterocycles. The van der Waals surface area contributed by atoms with E-state index >= 15 is 0 Å². The van der Waals surface area contributed by atoms with Crippen LogP contribution in [0.1, 0.15) is 30.0 Å². The van der Waals surface area contributed by atoms with Gasteiger partial charge in [-0.1, -0.05) is 42.5 Å². The highest BCUT2D eigenvalue weighted by atomic mass is 16.5. The molecule has 2 aromatic carbocycles. The Kier molecular flexibility index (Phi) is 5.33. The summed E-state index contributed by atoms with van der Waals surface area (Å²) in [6, 6.07) is 16.9. The summed E-state index contributed by atoms with van der Waals surface area (Å²) in [5.74, 6) is 0.694. The van der Waals surface area contributed by atoms with Crippen LogP contribution < -0.4 is 15.4 Å². The molecule has 25 heavy (non-hydrogen) atoms. The summed E-state index contributed by atoms with van der Waals surface area (Å²) in [5.41, 5.74) is 1.90. The monoisotopic (exact) mass is 338 g/mol. The van der Waals surface area contributed by atoms with E-state index in [1.165, 1.54) is 0 Å². The van der Waals surface area contributed by atoms with E-state index in [9.17, 15) is 9.59 Å². The molecule has 1 heterocycles. The second kappa shape index (κ2) is 7.83. The summed E-state index contributed by atoms with van der Waals surface area (Å²) >= 11 is 0. The number of piperidine rings is 1. The molecule has 1 fully saturated rings. The number of nitrogens with one attached hydrogen (secondary N) is 2. The van der Waals surface area contributed by atoms with Crippen molar-refractivity contribution in [3.8, 4) is 5.75 Å². The fraction of sp³-hybridized carbons (Fsp3) is 0.300. The lowest BCUT2D eigenvalue weighted by molar-refractivity contribution is -0.126. The quantitative estimate of drug-likeness (QED) is 0.879. The minimum absolute atomic E-state index is 0.0205. The molecule has 1 saturated heterocycles. The average molecular weight is 338 g/mol. The zero-order valence-electron chi connectivity index (χ0n) is 14.2. The highest BCUT2D eigenvalue weighted by molar-refractivity contribution is 5.81. The Morgan fingerprint density at radius 1 is 1.20 bits per heavy atom. The number of ether oxygens (including phenoxy) is 1. The van der Waals surface area contributed by atoms with Crippen molar-refractivity contribution in [3.63, 3.8) is 0 Å². The maximum Gasteiger partial charge on any atom is 0.224 e. The predicted octanol–water partition coefficient (Wildman–Crippen LogP) is 2.37. The van der Waals surface area contributed by atoms with E-state index in [-0.39, 0.29) is 30.3 Å². The van der Waals surface area contributed by atoms with Crippen LogP contribution in [0.15, 0.2) is 54.6 Å². The SMILES string of the molecule is COc1cccc(CC(=O)NC2CCC(=O)NC2c2ccccc2)c1. The molecule has 0 bridgehead atoms. The van der Waals surface area contributed by atoms with E-state index in [1.54, 1.807) is 7.11 Å². The van der Waals surface area contributed by atoms with Crippen LogP contribution in [0.25, 0.3) is 0 Å². The first-order valence-electron chi connectivity index (χ1n) is 8.42. The molecule has 2 unspecified atom stereocenters. The maximum atomic E-state index is 12.5. The summed E-state index contributed by atoms with van der Waals surface area (Å²) in [6.07, 6.45) is 1.34. The van der Waals surface area contributed by atoms with Gasteiger partial charge < -0.3 is 15.4 Å². The molecule has 0 aliphatic carbocycles. The molecule has 1 aliphatic rings. The Hall–Kier alpha value is -2.82. The normalized spacial score (nSPS) is 19.8. The highest BCUT2D eigenvalue weighted by Crippen LogP contribution is 2.24. The summed E-state index contributed by atoms with van der Waals surface area (Å²) in [7, 11) is 1.61. The topological polar surface area (TPSA) is 67.4 Å². The largest absolute Gasteiger partial charge is 0.497 e. The fourth-order valence-corrected chi connectivity index (χ4v) is 3.16. The molecule has 0 aromatic heterocycles. The van der Waals surface area contributed by atoms with Gasteiger partial charge in [-0.25, -0.2) is 0 Å². The predicted molar refractivity (Wildman–Crippen MR) is 95.2 cm³/mol. The van der Waals surface area contributed by atoms with Crippen molar-refractivity contribution in [1.29, 1.82) is 0 Å². The fourth-order valence-electron chi connectivity index (χ4n) is 3.16. The van der Waals surface area contributed by atoms with Gasteiger partial charge in [0.1, 0.15) is 5.75 Å². The minimum Gasteiger partial charge on any atom is -0.497 e. The van der Waals surface area contributed by atoms with Gasteiger partial charge in [-0.15, -0.1) is 0 Å². The number of amides is 2. The number of hydrogen-bond acceptors (Lipinski definition) is 3. The van der Waals surface area contributed by atoms with E-state index in [0.717, 1.165) is 16.9 Å². The molecule has 0 spiro atoms. The van der Waals surface area contributed by atoms with Gasteiger partial charge in [0.15, 0.2) is 0 Å². The molecule has 5 nitrogen and oxygen atoms in total. The molecule has 2 amide bonds.